The molecule has 0 aliphatic carbocycles. The molecule has 7 nitrogen and oxygen atoms in total. The van der Waals surface area contributed by atoms with Gasteiger partial charge in [-0.2, -0.15) is 5.26 Å². The van der Waals surface area contributed by atoms with Gasteiger partial charge in [0.15, 0.2) is 0 Å². The molecule has 0 saturated carbocycles. The Morgan fingerprint density at radius 2 is 2.23 bits per heavy atom. The Labute approximate surface area is 152 Å². The molecule has 0 saturated heterocycles. The molecule has 0 spiro atoms. The molecule has 0 unspecified atom stereocenters. The molecule has 0 aliphatic heterocycles. The van der Waals surface area contributed by atoms with E-state index in [1.54, 1.807) is 37.3 Å². The number of nitrogens with one attached hydrogen (secondary N) is 2. The number of aromatic amines is 1. The highest BCUT2D eigenvalue weighted by atomic mass is 32.1. The molecular weight excluding hydrogens is 352 g/mol. The minimum Gasteiger partial charge on any atom is -0.462 e. The molecule has 2 heterocycles. The summed E-state index contributed by atoms with van der Waals surface area (Å²) in [7, 11) is 0. The Balaban J connectivity index is 1.97. The first-order valence-corrected chi connectivity index (χ1v) is 8.63. The van der Waals surface area contributed by atoms with Gasteiger partial charge in [-0.05, 0) is 36.6 Å². The van der Waals surface area contributed by atoms with E-state index >= 15 is 0 Å². The normalized spacial score (nSPS) is 10.2. The summed E-state index contributed by atoms with van der Waals surface area (Å²) in [6.07, 6.45) is 0. The predicted octanol–water partition coefficient (Wildman–Crippen LogP) is 3.29. The Morgan fingerprint density at radius 3 is 2.92 bits per heavy atom. The second-order valence-corrected chi connectivity index (χ2v) is 6.10. The standard InChI is InChI=1S/C18H14N4O3S/c1-2-25-17(24)11-5-3-6-12(9-11)20-18-21-15(14-7-4-8-26-14)13(10-19)16(23)22-18/h3-9H,2H2,1H3,(H2,20,21,22,23). The SMILES string of the molecule is CCOC(=O)c1cccc(Nc2nc(-c3cccs3)c(C#N)c(=O)[nH]2)c1. The molecule has 0 amide bonds. The van der Waals surface area contributed by atoms with Crippen LogP contribution in [-0.2, 0) is 4.74 Å². The Morgan fingerprint density at radius 1 is 1.38 bits per heavy atom. The second kappa shape index (κ2) is 7.63. The number of aromatic nitrogens is 2. The van der Waals surface area contributed by atoms with Crippen LogP contribution in [-0.4, -0.2) is 22.5 Å². The summed E-state index contributed by atoms with van der Waals surface area (Å²) in [6, 6.07) is 12.2. The molecule has 2 aromatic heterocycles. The molecular formula is C18H14N4O3S. The molecule has 0 atom stereocenters. The highest BCUT2D eigenvalue weighted by Crippen LogP contribution is 2.25. The number of anilines is 2. The van der Waals surface area contributed by atoms with Gasteiger partial charge >= 0.3 is 5.97 Å². The lowest BCUT2D eigenvalue weighted by atomic mass is 10.2. The lowest BCUT2D eigenvalue weighted by Gasteiger charge is -2.09. The fourth-order valence-corrected chi connectivity index (χ4v) is 3.02. The smallest absolute Gasteiger partial charge is 0.338 e. The van der Waals surface area contributed by atoms with Gasteiger partial charge in [0.25, 0.3) is 5.56 Å². The van der Waals surface area contributed by atoms with Crippen molar-refractivity contribution in [3.05, 3.63) is 63.3 Å². The summed E-state index contributed by atoms with van der Waals surface area (Å²) in [5, 5.41) is 14.0. The molecule has 26 heavy (non-hydrogen) atoms. The van der Waals surface area contributed by atoms with Gasteiger partial charge in [-0.3, -0.25) is 9.78 Å². The molecule has 0 aliphatic rings. The average molecular weight is 366 g/mol. The van der Waals surface area contributed by atoms with Gasteiger partial charge in [0.2, 0.25) is 5.95 Å². The fraction of sp³-hybridized carbons (Fsp3) is 0.111. The predicted molar refractivity (Wildman–Crippen MR) is 98.6 cm³/mol. The minimum absolute atomic E-state index is 0.0433. The topological polar surface area (TPSA) is 108 Å². The van der Waals surface area contributed by atoms with Crippen molar-refractivity contribution in [1.29, 1.82) is 5.26 Å². The quantitative estimate of drug-likeness (QED) is 0.671. The van der Waals surface area contributed by atoms with Crippen molar-refractivity contribution in [2.75, 3.05) is 11.9 Å². The van der Waals surface area contributed by atoms with E-state index in [0.29, 0.717) is 16.9 Å². The van der Waals surface area contributed by atoms with E-state index < -0.39 is 11.5 Å². The van der Waals surface area contributed by atoms with Crippen molar-refractivity contribution in [2.45, 2.75) is 6.92 Å². The van der Waals surface area contributed by atoms with E-state index in [0.717, 1.165) is 4.88 Å². The summed E-state index contributed by atoms with van der Waals surface area (Å²) >= 11 is 1.39. The molecule has 0 radical (unpaired) electrons. The van der Waals surface area contributed by atoms with Crippen LogP contribution in [0.1, 0.15) is 22.8 Å². The van der Waals surface area contributed by atoms with Gasteiger partial charge in [-0.15, -0.1) is 11.3 Å². The van der Waals surface area contributed by atoms with Crippen molar-refractivity contribution >= 4 is 28.9 Å². The van der Waals surface area contributed by atoms with Crippen LogP contribution in [0.4, 0.5) is 11.6 Å². The van der Waals surface area contributed by atoms with Crippen molar-refractivity contribution in [3.63, 3.8) is 0 Å². The van der Waals surface area contributed by atoms with Crippen LogP contribution in [0.25, 0.3) is 10.6 Å². The maximum absolute atomic E-state index is 12.2. The van der Waals surface area contributed by atoms with Crippen LogP contribution in [0.2, 0.25) is 0 Å². The maximum Gasteiger partial charge on any atom is 0.338 e. The monoisotopic (exact) mass is 366 g/mol. The van der Waals surface area contributed by atoms with Crippen LogP contribution in [0.5, 0.6) is 0 Å². The molecule has 3 aromatic rings. The summed E-state index contributed by atoms with van der Waals surface area (Å²) in [4.78, 5) is 31.7. The molecule has 0 bridgehead atoms. The van der Waals surface area contributed by atoms with E-state index in [1.165, 1.54) is 11.3 Å². The van der Waals surface area contributed by atoms with Crippen molar-refractivity contribution in [2.24, 2.45) is 0 Å². The summed E-state index contributed by atoms with van der Waals surface area (Å²) < 4.78 is 4.98. The van der Waals surface area contributed by atoms with Gasteiger partial charge < -0.3 is 10.1 Å². The van der Waals surface area contributed by atoms with E-state index in [-0.39, 0.29) is 18.1 Å². The van der Waals surface area contributed by atoms with Gasteiger partial charge in [0, 0.05) is 5.69 Å². The van der Waals surface area contributed by atoms with Gasteiger partial charge in [-0.25, -0.2) is 9.78 Å². The van der Waals surface area contributed by atoms with E-state index in [1.807, 2.05) is 17.5 Å². The van der Waals surface area contributed by atoms with Crippen molar-refractivity contribution < 1.29 is 9.53 Å². The maximum atomic E-state index is 12.2. The number of hydrogen-bond acceptors (Lipinski definition) is 7. The minimum atomic E-state index is -0.532. The fourth-order valence-electron chi connectivity index (χ4n) is 2.30. The largest absolute Gasteiger partial charge is 0.462 e. The van der Waals surface area contributed by atoms with Crippen LogP contribution >= 0.6 is 11.3 Å². The number of carbonyl (C=O) groups excluding carboxylic acids is 1. The number of hydrogen-bond donors (Lipinski definition) is 2. The zero-order valence-corrected chi connectivity index (χ0v) is 14.6. The summed E-state index contributed by atoms with van der Waals surface area (Å²) in [5.74, 6) is -0.255. The van der Waals surface area contributed by atoms with E-state index in [4.69, 9.17) is 4.74 Å². The summed E-state index contributed by atoms with van der Waals surface area (Å²) in [5.41, 5.74) is 0.676. The molecule has 8 heteroatoms. The van der Waals surface area contributed by atoms with Crippen LogP contribution in [0, 0.1) is 11.3 Å². The highest BCUT2D eigenvalue weighted by molar-refractivity contribution is 7.13. The Bertz CT molecular complexity index is 1040. The number of nitriles is 1. The zero-order chi connectivity index (χ0) is 18.5. The number of ether oxygens (including phenoxy) is 1. The first kappa shape index (κ1) is 17.4. The molecule has 3 rings (SSSR count). The third-order valence-electron chi connectivity index (χ3n) is 3.42. The lowest BCUT2D eigenvalue weighted by Crippen LogP contribution is -2.16. The van der Waals surface area contributed by atoms with E-state index in [2.05, 4.69) is 15.3 Å². The number of H-pyrrole nitrogens is 1. The van der Waals surface area contributed by atoms with Gasteiger partial charge in [0.1, 0.15) is 17.3 Å². The second-order valence-electron chi connectivity index (χ2n) is 5.15. The van der Waals surface area contributed by atoms with Crippen LogP contribution in [0.15, 0.2) is 46.6 Å². The Hall–Kier alpha value is -3.44. The van der Waals surface area contributed by atoms with Crippen molar-refractivity contribution in [1.82, 2.24) is 9.97 Å². The lowest BCUT2D eigenvalue weighted by molar-refractivity contribution is 0.0526. The number of thiophene rings is 1. The number of benzene rings is 1. The third-order valence-corrected chi connectivity index (χ3v) is 4.30. The van der Waals surface area contributed by atoms with Crippen molar-refractivity contribution in [3.8, 4) is 16.6 Å². The first-order valence-electron chi connectivity index (χ1n) is 7.75. The first-order chi connectivity index (χ1) is 12.6. The number of rotatable bonds is 5. The van der Waals surface area contributed by atoms with Crippen LogP contribution in [0.3, 0.4) is 0 Å². The molecule has 0 fully saturated rings. The average Bonchev–Trinajstić information content (AvgIpc) is 3.16. The number of carbonyl (C=O) groups is 1. The number of nitrogens with zero attached hydrogens (tertiary/aromatic N) is 2. The third kappa shape index (κ3) is 3.63. The summed E-state index contributed by atoms with van der Waals surface area (Å²) in [6.45, 7) is 2.02. The van der Waals surface area contributed by atoms with E-state index in [9.17, 15) is 14.9 Å². The molecule has 2 N–H and O–H groups in total. The molecule has 1 aromatic carbocycles. The van der Waals surface area contributed by atoms with Crippen LogP contribution < -0.4 is 10.9 Å². The van der Waals surface area contributed by atoms with Gasteiger partial charge in [-0.1, -0.05) is 12.1 Å². The number of esters is 1. The molecule has 130 valence electrons. The van der Waals surface area contributed by atoms with Gasteiger partial charge in [0.05, 0.1) is 17.0 Å². The highest BCUT2D eigenvalue weighted by Gasteiger charge is 2.14. The Kier molecular flexibility index (Phi) is 5.10. The zero-order valence-electron chi connectivity index (χ0n) is 13.8.